The lowest BCUT2D eigenvalue weighted by atomic mass is 10.1. The number of amides is 1. The van der Waals surface area contributed by atoms with E-state index < -0.39 is 13.3 Å². The van der Waals surface area contributed by atoms with Crippen LogP contribution in [0.15, 0.2) is 65.8 Å². The fraction of sp³-hybridized carbons (Fsp3) is 0. The van der Waals surface area contributed by atoms with E-state index in [1.165, 1.54) is 6.07 Å². The van der Waals surface area contributed by atoms with Crippen molar-refractivity contribution in [1.29, 1.82) is 0 Å². The average Bonchev–Trinajstić information content (AvgIpc) is 2.87. The van der Waals surface area contributed by atoms with E-state index in [2.05, 4.69) is 9.98 Å². The van der Waals surface area contributed by atoms with E-state index in [0.717, 1.165) is 10.8 Å². The molecule has 0 radical (unpaired) electrons. The normalized spacial score (nSPS) is 15.2. The lowest BCUT2D eigenvalue weighted by Gasteiger charge is -2.13. The number of carbonyl (C=O) groups excluding carboxylic acids is 1. The summed E-state index contributed by atoms with van der Waals surface area (Å²) in [5.41, 5.74) is 0.607. The topological polar surface area (TPSA) is 45.6 Å². The van der Waals surface area contributed by atoms with Gasteiger partial charge in [0.1, 0.15) is 5.84 Å². The van der Waals surface area contributed by atoms with Crippen LogP contribution in [0, 0.1) is 0 Å². The lowest BCUT2D eigenvalue weighted by Crippen LogP contribution is -2.38. The summed E-state index contributed by atoms with van der Waals surface area (Å²) in [5, 5.41) is 1.82. The second kappa shape index (κ2) is 5.52. The Morgan fingerprint density at radius 1 is 0.958 bits per heavy atom. The number of carbonyl (C=O) groups is 1. The molecule has 2 aromatic carbocycles. The number of rotatable bonds is 2. The summed E-state index contributed by atoms with van der Waals surface area (Å²) in [7, 11) is -2.97. The first-order valence-electron chi connectivity index (χ1n) is 7.30. The van der Waals surface area contributed by atoms with E-state index in [1.54, 1.807) is 30.5 Å². The molecule has 0 fully saturated rings. The maximum atomic E-state index is 13.4. The number of hydrogen-bond acceptors (Lipinski definition) is 3. The smallest absolute Gasteiger partial charge is 0.275 e. The molecule has 0 atom stereocenters. The van der Waals surface area contributed by atoms with Gasteiger partial charge in [-0.05, 0) is 17.5 Å². The number of aliphatic imine (C=N–C) groups is 1. The van der Waals surface area contributed by atoms with Gasteiger partial charge >= 0.3 is 7.40 Å². The van der Waals surface area contributed by atoms with Crippen LogP contribution >= 0.6 is 0 Å². The lowest BCUT2D eigenvalue weighted by molar-refractivity contribution is 0.0907. The molecule has 2 heterocycles. The Morgan fingerprint density at radius 2 is 1.62 bits per heavy atom. The zero-order valence-corrected chi connectivity index (χ0v) is 12.4. The van der Waals surface area contributed by atoms with Gasteiger partial charge in [0.05, 0.1) is 0 Å². The summed E-state index contributed by atoms with van der Waals surface area (Å²) in [5.74, 6) is -0.549. The highest BCUT2D eigenvalue weighted by Crippen LogP contribution is 2.27. The van der Waals surface area contributed by atoms with Gasteiger partial charge in [-0.2, -0.15) is 0 Å². The van der Waals surface area contributed by atoms with E-state index in [0.29, 0.717) is 10.4 Å². The van der Waals surface area contributed by atoms with Crippen LogP contribution in [0.5, 0.6) is 0 Å². The van der Waals surface area contributed by atoms with E-state index in [1.807, 2.05) is 24.3 Å². The minimum absolute atomic E-state index is 0.0756. The van der Waals surface area contributed by atoms with Crippen LogP contribution in [0.2, 0.25) is 0 Å². The summed E-state index contributed by atoms with van der Waals surface area (Å²) in [6.45, 7) is 0. The molecule has 0 spiro atoms. The highest BCUT2D eigenvalue weighted by Gasteiger charge is 2.42. The highest BCUT2D eigenvalue weighted by atomic mass is 19.2. The predicted octanol–water partition coefficient (Wildman–Crippen LogP) is 3.69. The van der Waals surface area contributed by atoms with Crippen molar-refractivity contribution in [3.05, 3.63) is 71.9 Å². The first kappa shape index (κ1) is 14.5. The minimum atomic E-state index is -2.97. The second-order valence-corrected chi connectivity index (χ2v) is 5.32. The van der Waals surface area contributed by atoms with Gasteiger partial charge in [-0.25, -0.2) is 9.98 Å². The van der Waals surface area contributed by atoms with Crippen LogP contribution in [0.25, 0.3) is 10.8 Å². The third-order valence-corrected chi connectivity index (χ3v) is 3.88. The van der Waals surface area contributed by atoms with Gasteiger partial charge in [0.15, 0.2) is 5.82 Å². The Kier molecular flexibility index (Phi) is 3.34. The van der Waals surface area contributed by atoms with Crippen LogP contribution in [0.4, 0.5) is 14.4 Å². The van der Waals surface area contributed by atoms with Crippen molar-refractivity contribution in [3.63, 3.8) is 0 Å². The van der Waals surface area contributed by atoms with Crippen LogP contribution < -0.4 is 0 Å². The molecular formula is C17H10BF2N3O. The number of hydrogen-bond donors (Lipinski definition) is 0. The number of amidine groups is 1. The van der Waals surface area contributed by atoms with Gasteiger partial charge < -0.3 is 0 Å². The number of nitrogens with zero attached hydrogens (tertiary/aromatic N) is 3. The monoisotopic (exact) mass is 321 g/mol. The molecule has 0 unspecified atom stereocenters. The SMILES string of the molecule is O=C1c2ccccc2/C(=N\c2cc3ccccc3cn2)N1B(F)F. The van der Waals surface area contributed by atoms with Crippen LogP contribution in [0.1, 0.15) is 15.9 Å². The number of pyridine rings is 1. The molecule has 7 heteroatoms. The van der Waals surface area contributed by atoms with E-state index >= 15 is 0 Å². The van der Waals surface area contributed by atoms with Crippen molar-refractivity contribution >= 4 is 35.7 Å². The third kappa shape index (κ3) is 2.25. The number of benzene rings is 2. The van der Waals surface area contributed by atoms with Crippen molar-refractivity contribution in [2.45, 2.75) is 0 Å². The molecule has 4 rings (SSSR count). The molecule has 116 valence electrons. The molecule has 0 saturated heterocycles. The molecule has 0 bridgehead atoms. The van der Waals surface area contributed by atoms with Crippen LogP contribution in [-0.4, -0.2) is 28.9 Å². The van der Waals surface area contributed by atoms with Crippen molar-refractivity contribution < 1.29 is 13.4 Å². The maximum Gasteiger partial charge on any atom is 0.681 e. The fourth-order valence-electron chi connectivity index (χ4n) is 2.76. The average molecular weight is 321 g/mol. The molecule has 24 heavy (non-hydrogen) atoms. The Morgan fingerprint density at radius 3 is 2.38 bits per heavy atom. The first-order valence-corrected chi connectivity index (χ1v) is 7.30. The summed E-state index contributed by atoms with van der Waals surface area (Å²) >= 11 is 0. The summed E-state index contributed by atoms with van der Waals surface area (Å²) < 4.78 is 26.7. The number of aromatic nitrogens is 1. The van der Waals surface area contributed by atoms with E-state index in [-0.39, 0.29) is 17.2 Å². The van der Waals surface area contributed by atoms with Crippen molar-refractivity contribution in [2.24, 2.45) is 4.99 Å². The van der Waals surface area contributed by atoms with Gasteiger partial charge in [0.2, 0.25) is 0 Å². The molecular weight excluding hydrogens is 311 g/mol. The molecule has 0 aliphatic carbocycles. The quantitative estimate of drug-likeness (QED) is 0.676. The van der Waals surface area contributed by atoms with Crippen molar-refractivity contribution in [3.8, 4) is 0 Å². The van der Waals surface area contributed by atoms with Crippen molar-refractivity contribution in [1.82, 2.24) is 9.79 Å². The minimum Gasteiger partial charge on any atom is -0.275 e. The molecule has 1 aromatic heterocycles. The fourth-order valence-corrected chi connectivity index (χ4v) is 2.76. The Labute approximate surface area is 136 Å². The van der Waals surface area contributed by atoms with E-state index in [4.69, 9.17) is 0 Å². The van der Waals surface area contributed by atoms with E-state index in [9.17, 15) is 13.4 Å². The zero-order valence-electron chi connectivity index (χ0n) is 12.4. The largest absolute Gasteiger partial charge is 0.681 e. The zero-order chi connectivity index (χ0) is 16.7. The van der Waals surface area contributed by atoms with Crippen molar-refractivity contribution in [2.75, 3.05) is 0 Å². The molecule has 4 nitrogen and oxygen atoms in total. The van der Waals surface area contributed by atoms with Gasteiger partial charge in [0, 0.05) is 22.7 Å². The Hall–Kier alpha value is -3.09. The van der Waals surface area contributed by atoms with Crippen LogP contribution in [-0.2, 0) is 0 Å². The van der Waals surface area contributed by atoms with Crippen LogP contribution in [0.3, 0.4) is 0 Å². The van der Waals surface area contributed by atoms with Gasteiger partial charge in [0.25, 0.3) is 5.91 Å². The molecule has 0 saturated carbocycles. The third-order valence-electron chi connectivity index (χ3n) is 3.88. The number of fused-ring (bicyclic) bond motifs is 2. The summed E-state index contributed by atoms with van der Waals surface area (Å²) in [4.78, 5) is 21.0. The maximum absolute atomic E-state index is 13.4. The summed E-state index contributed by atoms with van der Waals surface area (Å²) in [6, 6.07) is 15.7. The predicted molar refractivity (Wildman–Crippen MR) is 88.5 cm³/mol. The molecule has 1 aliphatic rings. The van der Waals surface area contributed by atoms with Gasteiger partial charge in [-0.1, -0.05) is 42.5 Å². The Balaban J connectivity index is 1.88. The summed E-state index contributed by atoms with van der Waals surface area (Å²) in [6.07, 6.45) is 1.63. The van der Waals surface area contributed by atoms with Gasteiger partial charge in [-0.15, -0.1) is 0 Å². The standard InChI is InChI=1S/C17H10BF2N3O/c19-18(20)23-16(13-7-3-4-8-14(13)17(23)24)22-15-9-11-5-1-2-6-12(11)10-21-15/h1-10H/b22-16+. The molecule has 3 aromatic rings. The molecule has 1 amide bonds. The Bertz CT molecular complexity index is 990. The highest BCUT2D eigenvalue weighted by molar-refractivity contribution is 6.53. The molecule has 0 N–H and O–H groups in total. The first-order chi connectivity index (χ1) is 11.6. The molecule has 1 aliphatic heterocycles. The number of halogens is 2. The second-order valence-electron chi connectivity index (χ2n) is 5.32. The van der Waals surface area contributed by atoms with Gasteiger partial charge in [-0.3, -0.25) is 18.2 Å².